The van der Waals surface area contributed by atoms with Gasteiger partial charge in [0, 0.05) is 17.8 Å². The second-order valence-corrected chi connectivity index (χ2v) is 6.64. The molecule has 0 saturated heterocycles. The van der Waals surface area contributed by atoms with Crippen LogP contribution in [0.4, 0.5) is 0 Å². The Morgan fingerprint density at radius 1 is 1.26 bits per heavy atom. The van der Waals surface area contributed by atoms with Crippen LogP contribution in [0.1, 0.15) is 47.5 Å². The van der Waals surface area contributed by atoms with E-state index in [4.69, 9.17) is 0 Å². The molecule has 1 rings (SSSR count). The molecule has 1 heterocycles. The number of hydrogen-bond donors (Lipinski definition) is 1. The van der Waals surface area contributed by atoms with E-state index in [0.717, 1.165) is 37.3 Å². The highest BCUT2D eigenvalue weighted by Crippen LogP contribution is 2.30. The van der Waals surface area contributed by atoms with Crippen molar-refractivity contribution >= 4 is 16.9 Å². The molecule has 0 spiro atoms. The minimum Gasteiger partial charge on any atom is -0.361 e. The highest BCUT2D eigenvalue weighted by molar-refractivity contribution is 8.14. The van der Waals surface area contributed by atoms with Crippen LogP contribution < -0.4 is 5.32 Å². The summed E-state index contributed by atoms with van der Waals surface area (Å²) in [5.41, 5.74) is 0. The number of likely N-dealkylation sites (N-methyl/N-ethyl adjacent to an activating group) is 1. The molecule has 0 fully saturated rings. The van der Waals surface area contributed by atoms with Crippen molar-refractivity contribution in [3.05, 3.63) is 0 Å². The van der Waals surface area contributed by atoms with Crippen molar-refractivity contribution in [2.24, 2.45) is 10.9 Å². The second kappa shape index (κ2) is 8.85. The van der Waals surface area contributed by atoms with Crippen molar-refractivity contribution in [1.82, 2.24) is 10.2 Å². The molecule has 4 heteroatoms. The van der Waals surface area contributed by atoms with Crippen molar-refractivity contribution in [3.8, 4) is 0 Å². The van der Waals surface area contributed by atoms with E-state index in [2.05, 4.69) is 49.8 Å². The second-order valence-electron chi connectivity index (χ2n) is 5.41. The van der Waals surface area contributed by atoms with Crippen LogP contribution in [0.3, 0.4) is 0 Å². The van der Waals surface area contributed by atoms with Gasteiger partial charge in [-0.15, -0.1) is 0 Å². The van der Waals surface area contributed by atoms with Crippen LogP contribution >= 0.6 is 11.8 Å². The van der Waals surface area contributed by atoms with E-state index >= 15 is 0 Å². The zero-order valence-corrected chi connectivity index (χ0v) is 14.1. The third-order valence-corrected chi connectivity index (χ3v) is 5.36. The molecule has 0 aliphatic carbocycles. The zero-order chi connectivity index (χ0) is 14.3. The molecule has 0 aromatic rings. The van der Waals surface area contributed by atoms with Crippen LogP contribution in [-0.4, -0.2) is 47.5 Å². The maximum Gasteiger partial charge on any atom is 0.157 e. The van der Waals surface area contributed by atoms with E-state index in [1.54, 1.807) is 0 Å². The quantitative estimate of drug-likeness (QED) is 0.742. The Hall–Kier alpha value is -0.220. The lowest BCUT2D eigenvalue weighted by Gasteiger charge is -2.24. The topological polar surface area (TPSA) is 27.6 Å². The van der Waals surface area contributed by atoms with Gasteiger partial charge in [0.25, 0.3) is 0 Å². The molecule has 0 aromatic carbocycles. The lowest BCUT2D eigenvalue weighted by atomic mass is 9.99. The Morgan fingerprint density at radius 3 is 2.42 bits per heavy atom. The molecule has 0 amide bonds. The normalized spacial score (nSPS) is 21.0. The van der Waals surface area contributed by atoms with E-state index in [0.29, 0.717) is 11.3 Å². The first kappa shape index (κ1) is 16.8. The van der Waals surface area contributed by atoms with Gasteiger partial charge in [-0.2, -0.15) is 0 Å². The summed E-state index contributed by atoms with van der Waals surface area (Å²) >= 11 is 1.96. The summed E-state index contributed by atoms with van der Waals surface area (Å²) in [6.07, 6.45) is 2.54. The lowest BCUT2D eigenvalue weighted by Crippen LogP contribution is -2.40. The number of amidine groups is 1. The van der Waals surface area contributed by atoms with E-state index < -0.39 is 0 Å². The molecule has 2 unspecified atom stereocenters. The lowest BCUT2D eigenvalue weighted by molar-refractivity contribution is 0.282. The monoisotopic (exact) mass is 285 g/mol. The maximum atomic E-state index is 4.68. The average Bonchev–Trinajstić information content (AvgIpc) is 2.85. The van der Waals surface area contributed by atoms with Gasteiger partial charge in [-0.25, -0.2) is 0 Å². The van der Waals surface area contributed by atoms with Gasteiger partial charge < -0.3 is 10.2 Å². The van der Waals surface area contributed by atoms with Crippen molar-refractivity contribution in [2.75, 3.05) is 26.2 Å². The van der Waals surface area contributed by atoms with Gasteiger partial charge >= 0.3 is 0 Å². The van der Waals surface area contributed by atoms with E-state index in [1.807, 2.05) is 11.8 Å². The van der Waals surface area contributed by atoms with E-state index in [-0.39, 0.29) is 0 Å². The van der Waals surface area contributed by atoms with Crippen molar-refractivity contribution in [2.45, 2.75) is 58.8 Å². The van der Waals surface area contributed by atoms with Crippen LogP contribution in [0.5, 0.6) is 0 Å². The molecule has 2 atom stereocenters. The first-order chi connectivity index (χ1) is 9.14. The van der Waals surface area contributed by atoms with Gasteiger partial charge in [-0.3, -0.25) is 4.99 Å². The van der Waals surface area contributed by atoms with Gasteiger partial charge in [-0.05, 0) is 25.9 Å². The fraction of sp³-hybridized carbons (Fsp3) is 0.933. The van der Waals surface area contributed by atoms with Gasteiger partial charge in [0.2, 0.25) is 0 Å². The van der Waals surface area contributed by atoms with Crippen molar-refractivity contribution < 1.29 is 0 Å². The SMILES string of the molecule is CCC(CC)C1CN=C(NC(C)CN(CC)CC)S1. The largest absolute Gasteiger partial charge is 0.361 e. The number of hydrogen-bond acceptors (Lipinski definition) is 4. The zero-order valence-electron chi connectivity index (χ0n) is 13.3. The molecule has 1 aliphatic heterocycles. The Kier molecular flexibility index (Phi) is 7.84. The molecule has 3 nitrogen and oxygen atoms in total. The third-order valence-electron chi connectivity index (χ3n) is 4.05. The molecule has 112 valence electrons. The third kappa shape index (κ3) is 5.35. The number of nitrogens with zero attached hydrogens (tertiary/aromatic N) is 2. The Bertz CT molecular complexity index is 273. The van der Waals surface area contributed by atoms with Crippen LogP contribution in [0.25, 0.3) is 0 Å². The average molecular weight is 286 g/mol. The van der Waals surface area contributed by atoms with Gasteiger partial charge in [0.1, 0.15) is 0 Å². The fourth-order valence-corrected chi connectivity index (χ4v) is 4.09. The Labute approximate surface area is 123 Å². The summed E-state index contributed by atoms with van der Waals surface area (Å²) < 4.78 is 0. The number of aliphatic imine (C=N–C) groups is 1. The summed E-state index contributed by atoms with van der Waals surface area (Å²) in [5.74, 6) is 0.811. The van der Waals surface area contributed by atoms with Crippen LogP contribution in [0, 0.1) is 5.92 Å². The Balaban J connectivity index is 2.35. The summed E-state index contributed by atoms with van der Waals surface area (Å²) in [6, 6.07) is 0.478. The van der Waals surface area contributed by atoms with Crippen LogP contribution in [0.2, 0.25) is 0 Å². The smallest absolute Gasteiger partial charge is 0.157 e. The summed E-state index contributed by atoms with van der Waals surface area (Å²) in [7, 11) is 0. The van der Waals surface area contributed by atoms with Gasteiger partial charge in [-0.1, -0.05) is 52.3 Å². The minimum absolute atomic E-state index is 0.478. The first-order valence-corrected chi connectivity index (χ1v) is 8.72. The molecule has 0 aromatic heterocycles. The highest BCUT2D eigenvalue weighted by Gasteiger charge is 2.26. The van der Waals surface area contributed by atoms with Crippen LogP contribution in [0.15, 0.2) is 4.99 Å². The predicted molar refractivity (Wildman–Crippen MR) is 88.1 cm³/mol. The van der Waals surface area contributed by atoms with E-state index in [9.17, 15) is 0 Å². The minimum atomic E-state index is 0.478. The molecule has 0 bridgehead atoms. The molecule has 0 saturated carbocycles. The number of nitrogens with one attached hydrogen (secondary N) is 1. The maximum absolute atomic E-state index is 4.68. The molecular formula is C15H31N3S. The van der Waals surface area contributed by atoms with Crippen molar-refractivity contribution in [1.29, 1.82) is 0 Å². The predicted octanol–water partition coefficient (Wildman–Crippen LogP) is 3.21. The highest BCUT2D eigenvalue weighted by atomic mass is 32.2. The van der Waals surface area contributed by atoms with Crippen LogP contribution in [-0.2, 0) is 0 Å². The number of rotatable bonds is 8. The van der Waals surface area contributed by atoms with Gasteiger partial charge in [0.05, 0.1) is 6.54 Å². The van der Waals surface area contributed by atoms with Crippen molar-refractivity contribution in [3.63, 3.8) is 0 Å². The summed E-state index contributed by atoms with van der Waals surface area (Å²) in [5, 5.41) is 5.44. The standard InChI is InChI=1S/C15H31N3S/c1-6-13(7-2)14-10-16-15(19-14)17-12(5)11-18(8-3)9-4/h12-14H,6-11H2,1-5H3,(H,16,17). The summed E-state index contributed by atoms with van der Waals surface area (Å²) in [6.45, 7) is 15.6. The summed E-state index contributed by atoms with van der Waals surface area (Å²) in [4.78, 5) is 7.14. The van der Waals surface area contributed by atoms with E-state index in [1.165, 1.54) is 12.8 Å². The molecule has 1 N–H and O–H groups in total. The molecule has 19 heavy (non-hydrogen) atoms. The molecule has 0 radical (unpaired) electrons. The molecular weight excluding hydrogens is 254 g/mol. The van der Waals surface area contributed by atoms with Gasteiger partial charge in [0.15, 0.2) is 5.17 Å². The fourth-order valence-electron chi connectivity index (χ4n) is 2.66. The Morgan fingerprint density at radius 2 is 1.89 bits per heavy atom. The number of thioether (sulfide) groups is 1. The molecule has 1 aliphatic rings. The first-order valence-electron chi connectivity index (χ1n) is 7.84.